The van der Waals surface area contributed by atoms with Gasteiger partial charge in [0.25, 0.3) is 5.92 Å². The van der Waals surface area contributed by atoms with Crippen molar-refractivity contribution in [2.75, 3.05) is 0 Å². The fraction of sp³-hybridized carbons (Fsp3) is 0.562. The lowest BCUT2D eigenvalue weighted by Gasteiger charge is -2.31. The fourth-order valence-electron chi connectivity index (χ4n) is 3.64. The van der Waals surface area contributed by atoms with E-state index in [0.29, 0.717) is 18.4 Å². The Morgan fingerprint density at radius 3 is 2.67 bits per heavy atom. The molecule has 0 spiro atoms. The van der Waals surface area contributed by atoms with Crippen LogP contribution in [0.25, 0.3) is 0 Å². The molecule has 114 valence electrons. The Hall–Kier alpha value is -1.52. The van der Waals surface area contributed by atoms with Crippen LogP contribution in [-0.2, 0) is 4.79 Å². The highest BCUT2D eigenvalue weighted by molar-refractivity contribution is 5.87. The van der Waals surface area contributed by atoms with Crippen LogP contribution in [0.3, 0.4) is 0 Å². The molecule has 3 atom stereocenters. The predicted molar refractivity (Wildman–Crippen MR) is 72.4 cm³/mol. The SMILES string of the molecule is CC(F)(F)C1(C)C[C@H]2CCC(c3cccc(F)c3)N2C1=O. The highest BCUT2D eigenvalue weighted by Gasteiger charge is 2.62. The van der Waals surface area contributed by atoms with Gasteiger partial charge in [-0.3, -0.25) is 4.79 Å². The molecular weight excluding hydrogens is 279 g/mol. The lowest BCUT2D eigenvalue weighted by Crippen LogP contribution is -2.44. The van der Waals surface area contributed by atoms with Gasteiger partial charge in [0.05, 0.1) is 6.04 Å². The Morgan fingerprint density at radius 1 is 1.33 bits per heavy atom. The summed E-state index contributed by atoms with van der Waals surface area (Å²) in [6.45, 7) is 2.15. The molecule has 2 aliphatic heterocycles. The number of hydrogen-bond donors (Lipinski definition) is 0. The van der Waals surface area contributed by atoms with Gasteiger partial charge in [0.2, 0.25) is 5.91 Å². The number of rotatable bonds is 2. The van der Waals surface area contributed by atoms with Gasteiger partial charge in [-0.1, -0.05) is 12.1 Å². The number of nitrogens with zero attached hydrogens (tertiary/aromatic N) is 1. The lowest BCUT2D eigenvalue weighted by molar-refractivity contribution is -0.156. The molecule has 1 aromatic rings. The molecule has 0 bridgehead atoms. The van der Waals surface area contributed by atoms with Crippen LogP contribution in [-0.4, -0.2) is 22.8 Å². The smallest absolute Gasteiger partial charge is 0.259 e. The summed E-state index contributed by atoms with van der Waals surface area (Å²) in [5.74, 6) is -3.93. The molecule has 1 amide bonds. The van der Waals surface area contributed by atoms with Crippen molar-refractivity contribution in [2.24, 2.45) is 5.41 Å². The molecule has 0 aliphatic carbocycles. The molecule has 0 N–H and O–H groups in total. The second-order valence-electron chi connectivity index (χ2n) is 6.44. The number of amides is 1. The van der Waals surface area contributed by atoms with Crippen molar-refractivity contribution >= 4 is 5.91 Å². The molecule has 2 saturated heterocycles. The normalized spacial score (nSPS) is 32.6. The Morgan fingerprint density at radius 2 is 2.05 bits per heavy atom. The largest absolute Gasteiger partial charge is 0.332 e. The second-order valence-corrected chi connectivity index (χ2v) is 6.44. The maximum Gasteiger partial charge on any atom is 0.259 e. The maximum atomic E-state index is 13.9. The van der Waals surface area contributed by atoms with E-state index in [1.165, 1.54) is 19.1 Å². The van der Waals surface area contributed by atoms with E-state index in [1.807, 2.05) is 0 Å². The van der Waals surface area contributed by atoms with E-state index < -0.39 is 17.2 Å². The van der Waals surface area contributed by atoms with E-state index in [0.717, 1.165) is 6.92 Å². The first-order chi connectivity index (χ1) is 9.74. The van der Waals surface area contributed by atoms with Crippen molar-refractivity contribution < 1.29 is 18.0 Å². The number of alkyl halides is 2. The Balaban J connectivity index is 1.95. The molecule has 3 rings (SSSR count). The minimum atomic E-state index is -3.05. The molecule has 0 radical (unpaired) electrons. The molecule has 2 fully saturated rings. The molecular formula is C16H18F3NO. The monoisotopic (exact) mass is 297 g/mol. The van der Waals surface area contributed by atoms with Crippen molar-refractivity contribution in [3.05, 3.63) is 35.6 Å². The molecule has 0 aromatic heterocycles. The number of fused-ring (bicyclic) bond motifs is 1. The van der Waals surface area contributed by atoms with Crippen LogP contribution in [0.1, 0.15) is 44.7 Å². The first-order valence-electron chi connectivity index (χ1n) is 7.20. The van der Waals surface area contributed by atoms with Crippen LogP contribution in [0.15, 0.2) is 24.3 Å². The Bertz CT molecular complexity index is 583. The van der Waals surface area contributed by atoms with E-state index in [2.05, 4.69) is 0 Å². The summed E-state index contributed by atoms with van der Waals surface area (Å²) in [6.07, 6.45) is 1.56. The zero-order valence-corrected chi connectivity index (χ0v) is 12.1. The van der Waals surface area contributed by atoms with Gasteiger partial charge >= 0.3 is 0 Å². The van der Waals surface area contributed by atoms with Gasteiger partial charge in [0.1, 0.15) is 11.2 Å². The third-order valence-electron chi connectivity index (χ3n) is 5.06. The highest BCUT2D eigenvalue weighted by Crippen LogP contribution is 2.54. The van der Waals surface area contributed by atoms with Crippen molar-refractivity contribution in [2.45, 2.75) is 51.1 Å². The van der Waals surface area contributed by atoms with Crippen LogP contribution in [0.4, 0.5) is 13.2 Å². The van der Waals surface area contributed by atoms with E-state index in [4.69, 9.17) is 0 Å². The summed E-state index contributed by atoms with van der Waals surface area (Å²) in [5.41, 5.74) is -0.960. The second kappa shape index (κ2) is 4.49. The van der Waals surface area contributed by atoms with Crippen molar-refractivity contribution in [1.29, 1.82) is 0 Å². The first-order valence-corrected chi connectivity index (χ1v) is 7.20. The van der Waals surface area contributed by atoms with E-state index >= 15 is 0 Å². The van der Waals surface area contributed by atoms with Gasteiger partial charge in [-0.25, -0.2) is 13.2 Å². The lowest BCUT2D eigenvalue weighted by atomic mass is 9.80. The van der Waals surface area contributed by atoms with Crippen LogP contribution in [0, 0.1) is 11.2 Å². The molecule has 5 heteroatoms. The highest BCUT2D eigenvalue weighted by atomic mass is 19.3. The van der Waals surface area contributed by atoms with Crippen molar-refractivity contribution in [3.8, 4) is 0 Å². The Kier molecular flexibility index (Phi) is 3.08. The maximum absolute atomic E-state index is 13.9. The molecule has 1 aromatic carbocycles. The summed E-state index contributed by atoms with van der Waals surface area (Å²) in [4.78, 5) is 14.1. The van der Waals surface area contributed by atoms with Crippen LogP contribution in [0.5, 0.6) is 0 Å². The average molecular weight is 297 g/mol. The number of hydrogen-bond acceptors (Lipinski definition) is 1. The van der Waals surface area contributed by atoms with Crippen LogP contribution in [0.2, 0.25) is 0 Å². The molecule has 21 heavy (non-hydrogen) atoms. The van der Waals surface area contributed by atoms with Gasteiger partial charge in [-0.05, 0) is 43.9 Å². The summed E-state index contributed by atoms with van der Waals surface area (Å²) in [6, 6.07) is 5.62. The Labute approximate surface area is 121 Å². The van der Waals surface area contributed by atoms with E-state index in [1.54, 1.807) is 17.0 Å². The van der Waals surface area contributed by atoms with Crippen molar-refractivity contribution in [3.63, 3.8) is 0 Å². The quantitative estimate of drug-likeness (QED) is 0.810. The summed E-state index contributed by atoms with van der Waals surface area (Å²) in [5, 5.41) is 0. The van der Waals surface area contributed by atoms with Gasteiger partial charge in [0, 0.05) is 13.0 Å². The standard InChI is InChI=1S/C16H18F3NO/c1-15(16(2,18)19)9-12-6-7-13(20(12)14(15)21)10-4-3-5-11(17)8-10/h3-5,8,12-13H,6-7,9H2,1-2H3/t12-,13?,15?/m1/s1. The minimum absolute atomic E-state index is 0.165. The van der Waals surface area contributed by atoms with Gasteiger partial charge in [-0.15, -0.1) is 0 Å². The topological polar surface area (TPSA) is 20.3 Å². The summed E-state index contributed by atoms with van der Waals surface area (Å²) < 4.78 is 41.1. The van der Waals surface area contributed by atoms with E-state index in [9.17, 15) is 18.0 Å². The molecule has 2 unspecified atom stereocenters. The first kappa shape index (κ1) is 14.4. The third kappa shape index (κ3) is 2.05. The summed E-state index contributed by atoms with van der Waals surface area (Å²) in [7, 11) is 0. The fourth-order valence-corrected chi connectivity index (χ4v) is 3.64. The molecule has 0 saturated carbocycles. The van der Waals surface area contributed by atoms with Crippen molar-refractivity contribution in [1.82, 2.24) is 4.90 Å². The zero-order chi connectivity index (χ0) is 15.4. The number of halogens is 3. The third-order valence-corrected chi connectivity index (χ3v) is 5.06. The number of carbonyl (C=O) groups is 1. The number of carbonyl (C=O) groups excluding carboxylic acids is 1. The van der Waals surface area contributed by atoms with Crippen LogP contribution < -0.4 is 0 Å². The molecule has 2 nitrogen and oxygen atoms in total. The van der Waals surface area contributed by atoms with E-state index in [-0.39, 0.29) is 24.3 Å². The van der Waals surface area contributed by atoms with Gasteiger partial charge < -0.3 is 4.90 Å². The molecule has 2 aliphatic rings. The van der Waals surface area contributed by atoms with Crippen LogP contribution >= 0.6 is 0 Å². The minimum Gasteiger partial charge on any atom is -0.332 e. The number of benzene rings is 1. The average Bonchev–Trinajstić information content (AvgIpc) is 2.89. The summed E-state index contributed by atoms with van der Waals surface area (Å²) >= 11 is 0. The zero-order valence-electron chi connectivity index (χ0n) is 12.1. The van der Waals surface area contributed by atoms with Gasteiger partial charge in [0.15, 0.2) is 0 Å². The molecule has 2 heterocycles. The van der Waals surface area contributed by atoms with Gasteiger partial charge in [-0.2, -0.15) is 0 Å². The predicted octanol–water partition coefficient (Wildman–Crippen LogP) is 3.92.